The summed E-state index contributed by atoms with van der Waals surface area (Å²) in [6.07, 6.45) is 0.559. The van der Waals surface area contributed by atoms with Crippen molar-refractivity contribution in [2.75, 3.05) is 11.1 Å². The number of esters is 1. The maximum atomic E-state index is 12.6. The number of hydrogen-bond acceptors (Lipinski definition) is 5. The van der Waals surface area contributed by atoms with Crippen LogP contribution in [0.2, 0.25) is 0 Å². The summed E-state index contributed by atoms with van der Waals surface area (Å²) in [6.45, 7) is 2.02. The van der Waals surface area contributed by atoms with Crippen LogP contribution in [0.1, 0.15) is 12.0 Å². The maximum Gasteiger partial charge on any atom is 0.335 e. The summed E-state index contributed by atoms with van der Waals surface area (Å²) >= 11 is 4.25. The van der Waals surface area contributed by atoms with Gasteiger partial charge in [0.25, 0.3) is 0 Å². The highest BCUT2D eigenvalue weighted by atomic mass is 32.1. The summed E-state index contributed by atoms with van der Waals surface area (Å²) in [5, 5.41) is 4.22. The summed E-state index contributed by atoms with van der Waals surface area (Å²) < 4.78 is 5.49. The molecule has 0 aliphatic heterocycles. The number of ether oxygens (including phenoxy) is 1. The number of rotatable bonds is 6. The monoisotopic (exact) mass is 352 g/mol. The normalized spacial score (nSPS) is 11.9. The van der Waals surface area contributed by atoms with E-state index in [1.807, 2.05) is 61.5 Å². The Kier molecular flexibility index (Phi) is 5.56. The molecule has 3 aromatic rings. The summed E-state index contributed by atoms with van der Waals surface area (Å²) in [6, 6.07) is 18.7. The third-order valence-corrected chi connectivity index (χ3v) is 4.13. The summed E-state index contributed by atoms with van der Waals surface area (Å²) in [5.41, 5.74) is 2.84. The molecule has 1 heterocycles. The Labute approximate surface area is 152 Å². The molecule has 0 radical (unpaired) electrons. The van der Waals surface area contributed by atoms with Crippen LogP contribution >= 0.6 is 12.6 Å². The van der Waals surface area contributed by atoms with Gasteiger partial charge in [-0.15, -0.1) is 0 Å². The number of hydrogen-bond donors (Lipinski definition) is 2. The molecule has 1 aromatic heterocycles. The lowest BCUT2D eigenvalue weighted by atomic mass is 10.2. The highest BCUT2D eigenvalue weighted by Gasteiger charge is 2.20. The van der Waals surface area contributed by atoms with Gasteiger partial charge in [-0.25, -0.2) is 9.78 Å². The Morgan fingerprint density at radius 2 is 1.88 bits per heavy atom. The number of thiol groups is 1. The molecule has 3 rings (SSSR count). The van der Waals surface area contributed by atoms with Crippen molar-refractivity contribution >= 4 is 35.2 Å². The predicted octanol–water partition coefficient (Wildman–Crippen LogP) is 4.25. The van der Waals surface area contributed by atoms with Gasteiger partial charge in [0.2, 0.25) is 5.88 Å². The fraction of sp³-hybridized carbons (Fsp3) is 0.200. The lowest BCUT2D eigenvalue weighted by molar-refractivity contribution is -0.135. The van der Waals surface area contributed by atoms with E-state index in [9.17, 15) is 4.79 Å². The molecule has 0 spiro atoms. The molecule has 25 heavy (non-hydrogen) atoms. The fourth-order valence-electron chi connectivity index (χ4n) is 2.51. The smallest absolute Gasteiger partial charge is 0.335 e. The molecule has 0 saturated heterocycles. The number of benzene rings is 2. The minimum atomic E-state index is -0.478. The van der Waals surface area contributed by atoms with E-state index in [1.54, 1.807) is 6.07 Å². The van der Waals surface area contributed by atoms with E-state index in [0.717, 1.165) is 16.6 Å². The quantitative estimate of drug-likeness (QED) is 0.514. The predicted molar refractivity (Wildman–Crippen MR) is 104 cm³/mol. The summed E-state index contributed by atoms with van der Waals surface area (Å²) in [4.78, 5) is 16.9. The fourth-order valence-corrected chi connectivity index (χ4v) is 2.77. The summed E-state index contributed by atoms with van der Waals surface area (Å²) in [5.74, 6) is 0.514. The minimum absolute atomic E-state index is 0.304. The van der Waals surface area contributed by atoms with Crippen LogP contribution in [0, 0.1) is 6.92 Å². The first kappa shape index (κ1) is 17.3. The van der Waals surface area contributed by atoms with Crippen molar-refractivity contribution in [3.8, 4) is 5.88 Å². The average Bonchev–Trinajstić information content (AvgIpc) is 2.63. The molecule has 0 bridgehead atoms. The molecule has 4 nitrogen and oxygen atoms in total. The zero-order valence-corrected chi connectivity index (χ0v) is 14.9. The van der Waals surface area contributed by atoms with Crippen molar-refractivity contribution in [1.29, 1.82) is 0 Å². The highest BCUT2D eigenvalue weighted by Crippen LogP contribution is 2.18. The van der Waals surface area contributed by atoms with Gasteiger partial charge in [-0.1, -0.05) is 35.9 Å². The molecule has 0 amide bonds. The number of nitrogens with zero attached hydrogens (tertiary/aromatic N) is 1. The Hall–Kier alpha value is -2.53. The number of nitrogens with one attached hydrogen (secondary N) is 1. The Morgan fingerprint density at radius 3 is 2.64 bits per heavy atom. The molecule has 0 aliphatic rings. The Bertz CT molecular complexity index is 865. The minimum Gasteiger partial charge on any atom is -0.406 e. The van der Waals surface area contributed by atoms with Gasteiger partial charge in [0, 0.05) is 17.1 Å². The molecule has 0 fully saturated rings. The molecule has 1 N–H and O–H groups in total. The largest absolute Gasteiger partial charge is 0.406 e. The van der Waals surface area contributed by atoms with E-state index in [4.69, 9.17) is 4.74 Å². The van der Waals surface area contributed by atoms with Gasteiger partial charge in [0.05, 0.1) is 5.52 Å². The Balaban J connectivity index is 1.73. The molecular weight excluding hydrogens is 332 g/mol. The van der Waals surface area contributed by atoms with Crippen molar-refractivity contribution in [1.82, 2.24) is 4.98 Å². The van der Waals surface area contributed by atoms with Gasteiger partial charge >= 0.3 is 5.97 Å². The van der Waals surface area contributed by atoms with Crippen LogP contribution < -0.4 is 10.1 Å². The molecule has 0 aliphatic carbocycles. The van der Waals surface area contributed by atoms with Gasteiger partial charge in [0.15, 0.2) is 0 Å². The van der Waals surface area contributed by atoms with E-state index in [1.165, 1.54) is 5.56 Å². The van der Waals surface area contributed by atoms with Crippen LogP contribution in [0.4, 0.5) is 5.69 Å². The number of anilines is 1. The van der Waals surface area contributed by atoms with Gasteiger partial charge in [-0.05, 0) is 43.4 Å². The van der Waals surface area contributed by atoms with E-state index < -0.39 is 6.04 Å². The lowest BCUT2D eigenvalue weighted by Gasteiger charge is -2.17. The van der Waals surface area contributed by atoms with Crippen LogP contribution in [-0.4, -0.2) is 22.7 Å². The van der Waals surface area contributed by atoms with Gasteiger partial charge in [-0.2, -0.15) is 12.6 Å². The van der Waals surface area contributed by atoms with Crippen molar-refractivity contribution in [2.45, 2.75) is 19.4 Å². The number of carbonyl (C=O) groups excluding carboxylic acids is 1. The summed E-state index contributed by atoms with van der Waals surface area (Å²) in [7, 11) is 0. The SMILES string of the molecule is Cc1ccc(N[C@@H](CCS)C(=O)Oc2ccc3ccccc3n2)cc1. The number of aromatic nitrogens is 1. The number of carbonyl (C=O) groups is 1. The van der Waals surface area contributed by atoms with E-state index in [2.05, 4.69) is 22.9 Å². The van der Waals surface area contributed by atoms with Crippen LogP contribution in [0.5, 0.6) is 5.88 Å². The van der Waals surface area contributed by atoms with Crippen molar-refractivity contribution in [3.63, 3.8) is 0 Å². The second kappa shape index (κ2) is 8.03. The van der Waals surface area contributed by atoms with E-state index in [0.29, 0.717) is 18.1 Å². The first-order chi connectivity index (χ1) is 12.2. The molecule has 5 heteroatoms. The van der Waals surface area contributed by atoms with Crippen molar-refractivity contribution < 1.29 is 9.53 Å². The Morgan fingerprint density at radius 1 is 1.12 bits per heavy atom. The van der Waals surface area contributed by atoms with Crippen molar-refractivity contribution in [2.24, 2.45) is 0 Å². The molecule has 2 aromatic carbocycles. The molecule has 128 valence electrons. The van der Waals surface area contributed by atoms with Crippen LogP contribution in [-0.2, 0) is 4.79 Å². The number of para-hydroxylation sites is 1. The molecule has 0 saturated carbocycles. The van der Waals surface area contributed by atoms with Gasteiger partial charge in [0.1, 0.15) is 6.04 Å². The van der Waals surface area contributed by atoms with Gasteiger partial charge in [-0.3, -0.25) is 0 Å². The third kappa shape index (κ3) is 4.51. The topological polar surface area (TPSA) is 51.2 Å². The van der Waals surface area contributed by atoms with Crippen LogP contribution in [0.3, 0.4) is 0 Å². The standard InChI is InChI=1S/C20H20N2O2S/c1-14-6-9-16(10-7-14)21-18(12-13-25)20(23)24-19-11-8-15-4-2-3-5-17(15)22-19/h2-11,18,21,25H,12-13H2,1H3/t18-/m0/s1. The van der Waals surface area contributed by atoms with E-state index in [-0.39, 0.29) is 5.97 Å². The van der Waals surface area contributed by atoms with Crippen LogP contribution in [0.15, 0.2) is 60.7 Å². The number of aryl methyl sites for hydroxylation is 1. The first-order valence-corrected chi connectivity index (χ1v) is 8.80. The van der Waals surface area contributed by atoms with Crippen LogP contribution in [0.25, 0.3) is 10.9 Å². The van der Waals surface area contributed by atoms with Gasteiger partial charge < -0.3 is 10.1 Å². The molecular formula is C20H20N2O2S. The zero-order valence-electron chi connectivity index (χ0n) is 14.0. The van der Waals surface area contributed by atoms with E-state index >= 15 is 0 Å². The van der Waals surface area contributed by atoms with Crippen molar-refractivity contribution in [3.05, 3.63) is 66.2 Å². The zero-order chi connectivity index (χ0) is 17.6. The third-order valence-electron chi connectivity index (χ3n) is 3.87. The first-order valence-electron chi connectivity index (χ1n) is 8.17. The molecule has 1 atom stereocenters. The highest BCUT2D eigenvalue weighted by molar-refractivity contribution is 7.80. The molecule has 0 unspecified atom stereocenters. The second-order valence-electron chi connectivity index (χ2n) is 5.84. The number of fused-ring (bicyclic) bond motifs is 1. The average molecular weight is 352 g/mol. The second-order valence-corrected chi connectivity index (χ2v) is 6.29. The lowest BCUT2D eigenvalue weighted by Crippen LogP contribution is -2.34. The number of pyridine rings is 1. The maximum absolute atomic E-state index is 12.6.